The fraction of sp³-hybridized carbons (Fsp3) is 0.410. The first-order chi connectivity index (χ1) is 23.1. The molecule has 0 fully saturated rings. The van der Waals surface area contributed by atoms with Gasteiger partial charge in [0.2, 0.25) is 0 Å². The van der Waals surface area contributed by atoms with Crippen LogP contribution in [0.5, 0.6) is 0 Å². The second kappa shape index (κ2) is 18.3. The van der Waals surface area contributed by atoms with E-state index in [1.165, 1.54) is 11.1 Å². The van der Waals surface area contributed by atoms with E-state index in [4.69, 9.17) is 37.4 Å². The zero-order valence-corrected chi connectivity index (χ0v) is 30.0. The molecule has 0 radical (unpaired) electrons. The number of ether oxygens (including phenoxy) is 3. The van der Waals surface area contributed by atoms with E-state index in [1.54, 1.807) is 32.0 Å². The maximum absolute atomic E-state index is 14.0. The van der Waals surface area contributed by atoms with E-state index >= 15 is 0 Å². The molecule has 3 aromatic rings. The van der Waals surface area contributed by atoms with Crippen molar-refractivity contribution in [1.29, 1.82) is 0 Å². The summed E-state index contributed by atoms with van der Waals surface area (Å²) in [4.78, 5) is 34.4. The number of carbonyl (C=O) groups excluding carboxylic acids is 2. The summed E-state index contributed by atoms with van der Waals surface area (Å²) in [6.07, 6.45) is 1.31. The molecule has 3 aromatic carbocycles. The summed E-state index contributed by atoms with van der Waals surface area (Å²) in [5.41, 5.74) is 4.30. The Morgan fingerprint density at radius 2 is 1.54 bits per heavy atom. The van der Waals surface area contributed by atoms with Gasteiger partial charge in [0.25, 0.3) is 0 Å². The monoisotopic (exact) mass is 692 g/mol. The van der Waals surface area contributed by atoms with Crippen molar-refractivity contribution in [3.8, 4) is 0 Å². The number of likely N-dealkylation sites (N-methyl/N-ethyl adjacent to an activating group) is 1. The van der Waals surface area contributed by atoms with E-state index in [-0.39, 0.29) is 29.7 Å². The highest BCUT2D eigenvalue weighted by Gasteiger charge is 2.43. The number of rotatable bonds is 16. The van der Waals surface area contributed by atoms with Crippen LogP contribution in [0.25, 0.3) is 0 Å². The van der Waals surface area contributed by atoms with Crippen molar-refractivity contribution in [3.63, 3.8) is 0 Å². The fourth-order valence-electron chi connectivity index (χ4n) is 6.30. The molecule has 3 atom stereocenters. The molecule has 0 aliphatic carbocycles. The molecule has 0 bridgehead atoms. The molecule has 1 aliphatic heterocycles. The maximum Gasteiger partial charge on any atom is 0.336 e. The number of carbonyl (C=O) groups is 2. The standard InChI is InChI=1S/C39H46Cl2N2O5/c1-6-22-46-23-24-47-38(44)34-27(3)42-28(4)35(36(34)32-18-13-19-33(40)37(32)41)39(45)48-26(2)25-43(5)21-20-31(29-14-9-7-10-15-29)30-16-11-8-12-17-30/h7-19,26,31,34,36H,6,20-25H2,1-5H3. The van der Waals surface area contributed by atoms with Crippen LogP contribution in [-0.4, -0.2) is 68.6 Å². The molecule has 9 heteroatoms. The number of halogens is 2. The third kappa shape index (κ3) is 9.79. The lowest BCUT2D eigenvalue weighted by Gasteiger charge is -2.33. The first-order valence-electron chi connectivity index (χ1n) is 16.6. The van der Waals surface area contributed by atoms with Gasteiger partial charge in [0.1, 0.15) is 18.6 Å². The van der Waals surface area contributed by atoms with Gasteiger partial charge in [-0.2, -0.15) is 0 Å². The lowest BCUT2D eigenvalue weighted by molar-refractivity contribution is -0.148. The summed E-state index contributed by atoms with van der Waals surface area (Å²) in [5, 5.41) is 0.583. The minimum atomic E-state index is -0.899. The molecule has 48 heavy (non-hydrogen) atoms. The van der Waals surface area contributed by atoms with Gasteiger partial charge in [0.05, 0.1) is 22.2 Å². The van der Waals surface area contributed by atoms with Crippen LogP contribution in [-0.2, 0) is 23.8 Å². The van der Waals surface area contributed by atoms with Crippen molar-refractivity contribution in [3.05, 3.63) is 117 Å². The van der Waals surface area contributed by atoms with Crippen molar-refractivity contribution in [1.82, 2.24) is 4.90 Å². The van der Waals surface area contributed by atoms with Gasteiger partial charge < -0.3 is 19.1 Å². The highest BCUT2D eigenvalue weighted by Crippen LogP contribution is 2.44. The molecular weight excluding hydrogens is 647 g/mol. The topological polar surface area (TPSA) is 77.4 Å². The second-order valence-electron chi connectivity index (χ2n) is 12.3. The zero-order chi connectivity index (χ0) is 34.6. The van der Waals surface area contributed by atoms with E-state index in [2.05, 4.69) is 58.4 Å². The Balaban J connectivity index is 1.49. The van der Waals surface area contributed by atoms with E-state index in [0.29, 0.717) is 35.1 Å². The van der Waals surface area contributed by atoms with Gasteiger partial charge >= 0.3 is 11.9 Å². The molecule has 3 unspecified atom stereocenters. The molecule has 0 saturated carbocycles. The molecule has 0 aromatic heterocycles. The largest absolute Gasteiger partial charge is 0.463 e. The van der Waals surface area contributed by atoms with Crippen LogP contribution in [0.4, 0.5) is 0 Å². The average molecular weight is 694 g/mol. The average Bonchev–Trinajstić information content (AvgIpc) is 3.06. The van der Waals surface area contributed by atoms with Crippen LogP contribution in [0, 0.1) is 5.92 Å². The summed E-state index contributed by atoms with van der Waals surface area (Å²) in [7, 11) is 2.03. The smallest absolute Gasteiger partial charge is 0.336 e. The number of allylic oxidation sites excluding steroid dienone is 1. The maximum atomic E-state index is 14.0. The second-order valence-corrected chi connectivity index (χ2v) is 13.1. The van der Waals surface area contributed by atoms with Crippen molar-refractivity contribution in [2.45, 2.75) is 58.5 Å². The number of hydrogen-bond acceptors (Lipinski definition) is 7. The van der Waals surface area contributed by atoms with Crippen molar-refractivity contribution in [2.75, 3.05) is 40.0 Å². The normalized spacial score (nSPS) is 17.0. The van der Waals surface area contributed by atoms with E-state index in [0.717, 1.165) is 19.4 Å². The quantitative estimate of drug-likeness (QED) is 0.111. The van der Waals surface area contributed by atoms with Gasteiger partial charge in [-0.3, -0.25) is 9.79 Å². The Kier molecular flexibility index (Phi) is 14.2. The zero-order valence-electron chi connectivity index (χ0n) is 28.5. The Bertz CT molecular complexity index is 1540. The lowest BCUT2D eigenvalue weighted by atomic mass is 9.75. The highest BCUT2D eigenvalue weighted by atomic mass is 35.5. The number of aliphatic imine (C=N–C) groups is 1. The third-order valence-electron chi connectivity index (χ3n) is 8.52. The summed E-state index contributed by atoms with van der Waals surface area (Å²) < 4.78 is 17.2. The SMILES string of the molecule is CCCOCCOC(=O)C1C(C)=NC(C)=C(C(=O)OC(C)CN(C)CCC(c2ccccc2)c2ccccc2)C1c1cccc(Cl)c1Cl. The molecule has 0 spiro atoms. The number of nitrogens with zero attached hydrogens (tertiary/aromatic N) is 2. The van der Waals surface area contributed by atoms with Gasteiger partial charge in [-0.05, 0) is 70.0 Å². The summed E-state index contributed by atoms with van der Waals surface area (Å²) in [6, 6.07) is 26.2. The summed E-state index contributed by atoms with van der Waals surface area (Å²) >= 11 is 13.2. The van der Waals surface area contributed by atoms with Gasteiger partial charge in [0.15, 0.2) is 0 Å². The Morgan fingerprint density at radius 3 is 2.17 bits per heavy atom. The predicted octanol–water partition coefficient (Wildman–Crippen LogP) is 8.50. The van der Waals surface area contributed by atoms with Crippen LogP contribution in [0.15, 0.2) is 95.1 Å². The number of benzene rings is 3. The summed E-state index contributed by atoms with van der Waals surface area (Å²) in [5.74, 6) is -2.53. The van der Waals surface area contributed by atoms with Crippen LogP contribution < -0.4 is 0 Å². The van der Waals surface area contributed by atoms with Crippen molar-refractivity contribution < 1.29 is 23.8 Å². The number of hydrogen-bond donors (Lipinski definition) is 0. The molecule has 4 rings (SSSR count). The highest BCUT2D eigenvalue weighted by molar-refractivity contribution is 6.42. The first kappa shape index (κ1) is 37.3. The molecule has 256 valence electrons. The molecule has 0 amide bonds. The van der Waals surface area contributed by atoms with Gasteiger partial charge in [-0.15, -0.1) is 0 Å². The molecule has 0 saturated heterocycles. The van der Waals surface area contributed by atoms with Crippen molar-refractivity contribution in [2.24, 2.45) is 10.9 Å². The van der Waals surface area contributed by atoms with E-state index in [9.17, 15) is 9.59 Å². The van der Waals surface area contributed by atoms with Gasteiger partial charge in [-0.1, -0.05) is 103 Å². The summed E-state index contributed by atoms with van der Waals surface area (Å²) in [6.45, 7) is 9.62. The number of esters is 2. The van der Waals surface area contributed by atoms with E-state index < -0.39 is 29.9 Å². The van der Waals surface area contributed by atoms with Gasteiger partial charge in [0, 0.05) is 36.4 Å². The Labute approximate surface area is 294 Å². The minimum Gasteiger partial charge on any atom is -0.463 e. The first-order valence-corrected chi connectivity index (χ1v) is 17.3. The van der Waals surface area contributed by atoms with Crippen molar-refractivity contribution >= 4 is 40.9 Å². The minimum absolute atomic E-state index is 0.0832. The van der Waals surface area contributed by atoms with E-state index in [1.807, 2.05) is 33.0 Å². The van der Waals surface area contributed by atoms with Gasteiger partial charge in [-0.25, -0.2) is 4.79 Å². The predicted molar refractivity (Wildman–Crippen MR) is 193 cm³/mol. The van der Waals surface area contributed by atoms with Crippen LogP contribution in [0.3, 0.4) is 0 Å². The van der Waals surface area contributed by atoms with Crippen LogP contribution in [0.1, 0.15) is 69.1 Å². The lowest BCUT2D eigenvalue weighted by Crippen LogP contribution is -2.38. The fourth-order valence-corrected chi connectivity index (χ4v) is 6.73. The molecule has 0 N–H and O–H groups in total. The molecular formula is C39H46Cl2N2O5. The third-order valence-corrected chi connectivity index (χ3v) is 9.35. The Morgan fingerprint density at radius 1 is 0.896 bits per heavy atom. The molecule has 1 aliphatic rings. The Hall–Kier alpha value is -3.49. The van der Waals surface area contributed by atoms with Crippen LogP contribution >= 0.6 is 23.2 Å². The van der Waals surface area contributed by atoms with Crippen LogP contribution in [0.2, 0.25) is 10.0 Å². The molecule has 1 heterocycles. The molecule has 7 nitrogen and oxygen atoms in total.